The van der Waals surface area contributed by atoms with Gasteiger partial charge >= 0.3 is 0 Å². The molecule has 1 N–H and O–H groups in total. The molecular formula is C11H18N4OS. The largest absolute Gasteiger partial charge is 0.377 e. The predicted octanol–water partition coefficient (Wildman–Crippen LogP) is 1.33. The van der Waals surface area contributed by atoms with Crippen molar-refractivity contribution in [2.75, 3.05) is 25.5 Å². The fourth-order valence-corrected chi connectivity index (χ4v) is 3.42. The first-order valence-electron chi connectivity index (χ1n) is 6.23. The molecule has 1 aliphatic carbocycles. The number of nitrogens with zero attached hydrogens (tertiary/aromatic N) is 3. The van der Waals surface area contributed by atoms with Crippen LogP contribution < -0.4 is 5.32 Å². The van der Waals surface area contributed by atoms with Gasteiger partial charge in [-0.2, -0.15) is 0 Å². The van der Waals surface area contributed by atoms with Gasteiger partial charge in [-0.3, -0.25) is 4.90 Å². The summed E-state index contributed by atoms with van der Waals surface area (Å²) < 4.78 is 9.83. The third-order valence-electron chi connectivity index (χ3n) is 3.73. The number of hydrogen-bond donors (Lipinski definition) is 1. The summed E-state index contributed by atoms with van der Waals surface area (Å²) in [5, 5.41) is 8.47. The van der Waals surface area contributed by atoms with E-state index >= 15 is 0 Å². The Hall–Kier alpha value is -0.720. The maximum absolute atomic E-state index is 5.82. The van der Waals surface area contributed by atoms with Gasteiger partial charge in [0.2, 0.25) is 0 Å². The van der Waals surface area contributed by atoms with Crippen LogP contribution in [-0.4, -0.2) is 46.8 Å². The van der Waals surface area contributed by atoms with Crippen LogP contribution in [0.5, 0.6) is 0 Å². The summed E-state index contributed by atoms with van der Waals surface area (Å²) in [6, 6.07) is 0.593. The lowest BCUT2D eigenvalue weighted by Gasteiger charge is -2.37. The average molecular weight is 254 g/mol. The van der Waals surface area contributed by atoms with Gasteiger partial charge < -0.3 is 10.1 Å². The van der Waals surface area contributed by atoms with E-state index in [-0.39, 0.29) is 0 Å². The van der Waals surface area contributed by atoms with Gasteiger partial charge in [0.1, 0.15) is 10.7 Å². The molecule has 0 aromatic carbocycles. The Morgan fingerprint density at radius 3 is 3.35 bits per heavy atom. The number of hydrogen-bond acceptors (Lipinski definition) is 6. The van der Waals surface area contributed by atoms with E-state index in [4.69, 9.17) is 4.74 Å². The third-order valence-corrected chi connectivity index (χ3v) is 4.52. The minimum atomic E-state index is 0.452. The summed E-state index contributed by atoms with van der Waals surface area (Å²) in [5.41, 5.74) is 1.07. The molecule has 2 unspecified atom stereocenters. The van der Waals surface area contributed by atoms with E-state index in [1.165, 1.54) is 30.8 Å². The van der Waals surface area contributed by atoms with Crippen LogP contribution in [0.3, 0.4) is 0 Å². The average Bonchev–Trinajstić information content (AvgIpc) is 2.97. The fraction of sp³-hybridized carbons (Fsp3) is 0.818. The van der Waals surface area contributed by atoms with E-state index in [2.05, 4.69) is 19.8 Å². The maximum Gasteiger partial charge on any atom is 0.134 e. The lowest BCUT2D eigenvalue weighted by molar-refractivity contribution is -0.0591. The van der Waals surface area contributed by atoms with E-state index in [1.807, 2.05) is 7.05 Å². The van der Waals surface area contributed by atoms with E-state index in [9.17, 15) is 0 Å². The predicted molar refractivity (Wildman–Crippen MR) is 67.2 cm³/mol. The van der Waals surface area contributed by atoms with E-state index in [1.54, 1.807) is 0 Å². The Labute approximate surface area is 105 Å². The molecule has 5 nitrogen and oxygen atoms in total. The van der Waals surface area contributed by atoms with Crippen molar-refractivity contribution >= 4 is 16.5 Å². The second-order valence-corrected chi connectivity index (χ2v) is 5.43. The molecule has 2 atom stereocenters. The smallest absolute Gasteiger partial charge is 0.134 e. The molecule has 1 aromatic heterocycles. The van der Waals surface area contributed by atoms with Gasteiger partial charge in [0.05, 0.1) is 12.7 Å². The van der Waals surface area contributed by atoms with Gasteiger partial charge in [0, 0.05) is 37.7 Å². The lowest BCUT2D eigenvalue weighted by Crippen LogP contribution is -2.47. The van der Waals surface area contributed by atoms with Crippen LogP contribution in [0.25, 0.3) is 0 Å². The Balaban J connectivity index is 1.71. The van der Waals surface area contributed by atoms with Gasteiger partial charge in [-0.05, 0) is 19.3 Å². The lowest BCUT2D eigenvalue weighted by atomic mass is 10.1. The van der Waals surface area contributed by atoms with Crippen molar-refractivity contribution in [3.05, 3.63) is 5.69 Å². The molecule has 2 fully saturated rings. The minimum absolute atomic E-state index is 0.452. The van der Waals surface area contributed by atoms with Crippen molar-refractivity contribution in [1.82, 2.24) is 14.5 Å². The summed E-state index contributed by atoms with van der Waals surface area (Å²) in [4.78, 5) is 2.51. The van der Waals surface area contributed by atoms with Crippen molar-refractivity contribution in [3.8, 4) is 0 Å². The highest BCUT2D eigenvalue weighted by atomic mass is 32.1. The van der Waals surface area contributed by atoms with E-state index in [0.717, 1.165) is 30.4 Å². The van der Waals surface area contributed by atoms with Crippen LogP contribution in [0.4, 0.5) is 5.00 Å². The number of nitrogens with one attached hydrogen (secondary N) is 1. The monoisotopic (exact) mass is 254 g/mol. The van der Waals surface area contributed by atoms with Crippen molar-refractivity contribution in [3.63, 3.8) is 0 Å². The third kappa shape index (κ3) is 2.17. The molecule has 2 heterocycles. The molecule has 6 heteroatoms. The van der Waals surface area contributed by atoms with Gasteiger partial charge in [-0.15, -0.1) is 5.10 Å². The van der Waals surface area contributed by atoms with Crippen molar-refractivity contribution in [2.24, 2.45) is 0 Å². The molecule has 94 valence electrons. The number of aromatic nitrogens is 2. The Morgan fingerprint density at radius 1 is 1.53 bits per heavy atom. The number of rotatable bonds is 3. The highest BCUT2D eigenvalue weighted by molar-refractivity contribution is 7.10. The molecule has 1 saturated heterocycles. The zero-order valence-corrected chi connectivity index (χ0v) is 10.9. The van der Waals surface area contributed by atoms with E-state index < -0.39 is 0 Å². The Morgan fingerprint density at radius 2 is 2.47 bits per heavy atom. The molecular weight excluding hydrogens is 236 g/mol. The molecule has 1 aliphatic heterocycles. The number of morpholine rings is 1. The molecule has 0 spiro atoms. The highest BCUT2D eigenvalue weighted by Gasteiger charge is 2.36. The molecule has 17 heavy (non-hydrogen) atoms. The zero-order chi connectivity index (χ0) is 11.7. The van der Waals surface area contributed by atoms with Crippen molar-refractivity contribution in [2.45, 2.75) is 38.0 Å². The van der Waals surface area contributed by atoms with Crippen LogP contribution in [0.15, 0.2) is 0 Å². The standard InChI is InChI=1S/C11H18N4OS/c1-12-11-8(13-14-17-11)7-15-5-6-16-10-4-2-3-9(10)15/h9-10,12H,2-7H2,1H3. The maximum atomic E-state index is 5.82. The molecule has 0 radical (unpaired) electrons. The van der Waals surface area contributed by atoms with Gasteiger partial charge in [-0.25, -0.2) is 0 Å². The van der Waals surface area contributed by atoms with Crippen molar-refractivity contribution < 1.29 is 4.74 Å². The summed E-state index contributed by atoms with van der Waals surface area (Å²) >= 11 is 1.43. The summed E-state index contributed by atoms with van der Waals surface area (Å²) in [7, 11) is 1.93. The van der Waals surface area contributed by atoms with Crippen LogP contribution in [0.2, 0.25) is 0 Å². The molecule has 1 aromatic rings. The summed E-state index contributed by atoms with van der Waals surface area (Å²) in [6.45, 7) is 2.77. The topological polar surface area (TPSA) is 50.3 Å². The highest BCUT2D eigenvalue weighted by Crippen LogP contribution is 2.31. The molecule has 0 bridgehead atoms. The van der Waals surface area contributed by atoms with Crippen LogP contribution in [0.1, 0.15) is 25.0 Å². The van der Waals surface area contributed by atoms with Gasteiger partial charge in [-0.1, -0.05) is 4.49 Å². The van der Waals surface area contributed by atoms with Gasteiger partial charge in [0.15, 0.2) is 0 Å². The molecule has 0 amide bonds. The van der Waals surface area contributed by atoms with Crippen LogP contribution in [0, 0.1) is 0 Å². The first kappa shape index (κ1) is 11.4. The molecule has 1 saturated carbocycles. The fourth-order valence-electron chi connectivity index (χ4n) is 2.90. The molecule has 3 rings (SSSR count). The first-order chi connectivity index (χ1) is 8.38. The second kappa shape index (κ2) is 4.88. The Kier molecular flexibility index (Phi) is 3.26. The summed E-state index contributed by atoms with van der Waals surface area (Å²) in [5.74, 6) is 0. The van der Waals surface area contributed by atoms with Crippen molar-refractivity contribution in [1.29, 1.82) is 0 Å². The van der Waals surface area contributed by atoms with Crippen LogP contribution >= 0.6 is 11.5 Å². The van der Waals surface area contributed by atoms with Crippen LogP contribution in [-0.2, 0) is 11.3 Å². The second-order valence-electron chi connectivity index (χ2n) is 4.68. The first-order valence-corrected chi connectivity index (χ1v) is 7.00. The quantitative estimate of drug-likeness (QED) is 0.882. The number of ether oxygens (including phenoxy) is 1. The van der Waals surface area contributed by atoms with E-state index in [0.29, 0.717) is 12.1 Å². The minimum Gasteiger partial charge on any atom is -0.377 e. The number of anilines is 1. The summed E-state index contributed by atoms with van der Waals surface area (Å²) in [6.07, 6.45) is 4.22. The van der Waals surface area contributed by atoms with Gasteiger partial charge in [0.25, 0.3) is 0 Å². The molecule has 2 aliphatic rings. The number of fused-ring (bicyclic) bond motifs is 1. The zero-order valence-electron chi connectivity index (χ0n) is 10.1. The normalized spacial score (nSPS) is 29.2. The SMILES string of the molecule is CNc1snnc1CN1CCOC2CCCC21. The Bertz CT molecular complexity index is 383.